The van der Waals surface area contributed by atoms with Crippen molar-refractivity contribution in [3.63, 3.8) is 0 Å². The first-order valence-corrected chi connectivity index (χ1v) is 4.69. The predicted octanol–water partition coefficient (Wildman–Crippen LogP) is 1.78. The van der Waals surface area contributed by atoms with Crippen LogP contribution in [0.25, 0.3) is 0 Å². The minimum atomic E-state index is -0.919. The zero-order valence-electron chi connectivity index (χ0n) is 9.61. The number of aromatic carboxylic acids is 1. The average Bonchev–Trinajstić information content (AvgIpc) is 2.19. The van der Waals surface area contributed by atoms with Gasteiger partial charge in [-0.1, -0.05) is 0 Å². The maximum Gasteiger partial charge on any atom is 0.335 e. The minimum Gasteiger partial charge on any atom is -0.478 e. The molecule has 0 aliphatic rings. The Hall–Kier alpha value is -1.42. The normalized spacial score (nSPS) is 10.1. The molecule has 4 heteroatoms. The van der Waals surface area contributed by atoms with E-state index in [-0.39, 0.29) is 5.56 Å². The summed E-state index contributed by atoms with van der Waals surface area (Å²) < 4.78 is 0. The van der Waals surface area contributed by atoms with Gasteiger partial charge in [0, 0.05) is 17.9 Å². The molecule has 2 N–H and O–H groups in total. The molecule has 4 nitrogen and oxygen atoms in total. The molecule has 0 saturated heterocycles. The Morgan fingerprint density at radius 3 is 1.93 bits per heavy atom. The van der Waals surface area contributed by atoms with Gasteiger partial charge in [0.1, 0.15) is 0 Å². The lowest BCUT2D eigenvalue weighted by atomic mass is 10.1. The maximum absolute atomic E-state index is 10.2. The van der Waals surface area contributed by atoms with Crippen molar-refractivity contribution in [2.24, 2.45) is 0 Å². The number of hydrogen-bond acceptors (Lipinski definition) is 3. The highest BCUT2D eigenvalue weighted by molar-refractivity contribution is 5.87. The first-order chi connectivity index (χ1) is 6.87. The Morgan fingerprint density at radius 1 is 1.33 bits per heavy atom. The molecule has 0 unspecified atom stereocenters. The number of carboxylic acid groups (broad SMARTS) is 1. The van der Waals surface area contributed by atoms with Crippen molar-refractivity contribution in [2.45, 2.75) is 26.3 Å². The number of nitrogens with zero attached hydrogens (tertiary/aromatic N) is 1. The standard InChI is InChI=1S/C6H5NO2.C5H13N/c8-6(9)5-1-3-7-4-2-5;1-5(2,3)6-4/h1-4H,(H,8,9);6H,1-4H3. The lowest BCUT2D eigenvalue weighted by Gasteiger charge is -2.15. The summed E-state index contributed by atoms with van der Waals surface area (Å²) in [4.78, 5) is 13.8. The molecule has 1 aromatic heterocycles. The molecule has 0 aliphatic heterocycles. The van der Waals surface area contributed by atoms with Crippen molar-refractivity contribution < 1.29 is 9.90 Å². The summed E-state index contributed by atoms with van der Waals surface area (Å²) in [7, 11) is 1.96. The van der Waals surface area contributed by atoms with Gasteiger partial charge in [0.25, 0.3) is 0 Å². The Morgan fingerprint density at radius 2 is 1.73 bits per heavy atom. The van der Waals surface area contributed by atoms with Gasteiger partial charge < -0.3 is 10.4 Å². The van der Waals surface area contributed by atoms with Gasteiger partial charge in [-0.25, -0.2) is 4.79 Å². The van der Waals surface area contributed by atoms with E-state index in [1.54, 1.807) is 0 Å². The van der Waals surface area contributed by atoms with E-state index in [1.807, 2.05) is 7.05 Å². The molecule has 0 radical (unpaired) electrons. The fourth-order valence-electron chi connectivity index (χ4n) is 0.494. The van der Waals surface area contributed by atoms with Crippen LogP contribution in [0.3, 0.4) is 0 Å². The largest absolute Gasteiger partial charge is 0.478 e. The first-order valence-electron chi connectivity index (χ1n) is 4.69. The van der Waals surface area contributed by atoms with Gasteiger partial charge in [-0.05, 0) is 40.0 Å². The summed E-state index contributed by atoms with van der Waals surface area (Å²) in [6, 6.07) is 2.89. The maximum atomic E-state index is 10.2. The first kappa shape index (κ1) is 13.6. The highest BCUT2D eigenvalue weighted by Gasteiger charge is 2.01. The highest BCUT2D eigenvalue weighted by atomic mass is 16.4. The molecule has 1 rings (SSSR count). The van der Waals surface area contributed by atoms with Gasteiger partial charge in [0.2, 0.25) is 0 Å². The van der Waals surface area contributed by atoms with E-state index < -0.39 is 5.97 Å². The molecule has 84 valence electrons. The van der Waals surface area contributed by atoms with Crippen molar-refractivity contribution in [1.29, 1.82) is 0 Å². The van der Waals surface area contributed by atoms with Gasteiger partial charge in [0.05, 0.1) is 5.56 Å². The molecule has 0 fully saturated rings. The number of hydrogen-bond donors (Lipinski definition) is 2. The third-order valence-corrected chi connectivity index (χ3v) is 1.68. The highest BCUT2D eigenvalue weighted by Crippen LogP contribution is 1.94. The van der Waals surface area contributed by atoms with E-state index in [0.717, 1.165) is 0 Å². The van der Waals surface area contributed by atoms with Gasteiger partial charge in [-0.15, -0.1) is 0 Å². The summed E-state index contributed by atoms with van der Waals surface area (Å²) >= 11 is 0. The van der Waals surface area contributed by atoms with Crippen LogP contribution in [0.5, 0.6) is 0 Å². The Kier molecular flexibility index (Phi) is 5.56. The molecule has 0 atom stereocenters. The molecule has 0 spiro atoms. The van der Waals surface area contributed by atoms with Crippen LogP contribution in [0, 0.1) is 0 Å². The number of nitrogens with one attached hydrogen (secondary N) is 1. The topological polar surface area (TPSA) is 62.2 Å². The lowest BCUT2D eigenvalue weighted by molar-refractivity contribution is 0.0696. The van der Waals surface area contributed by atoms with Crippen molar-refractivity contribution in [3.8, 4) is 0 Å². The van der Waals surface area contributed by atoms with Crippen LogP contribution in [-0.4, -0.2) is 28.6 Å². The van der Waals surface area contributed by atoms with Crippen molar-refractivity contribution in [1.82, 2.24) is 10.3 Å². The van der Waals surface area contributed by atoms with Gasteiger partial charge in [0.15, 0.2) is 0 Å². The van der Waals surface area contributed by atoms with Crippen molar-refractivity contribution in [2.75, 3.05) is 7.05 Å². The van der Waals surface area contributed by atoms with Crippen LogP contribution in [0.1, 0.15) is 31.1 Å². The van der Waals surface area contributed by atoms with Crippen molar-refractivity contribution in [3.05, 3.63) is 30.1 Å². The second-order valence-corrected chi connectivity index (χ2v) is 4.04. The van der Waals surface area contributed by atoms with E-state index >= 15 is 0 Å². The molecule has 0 aromatic carbocycles. The molecule has 1 heterocycles. The summed E-state index contributed by atoms with van der Waals surface area (Å²) in [5.74, 6) is -0.919. The number of pyridine rings is 1. The summed E-state index contributed by atoms with van der Waals surface area (Å²) in [6.45, 7) is 6.40. The molecule has 1 aromatic rings. The second kappa shape index (κ2) is 6.14. The molecule has 15 heavy (non-hydrogen) atoms. The van der Waals surface area contributed by atoms with Crippen LogP contribution in [0.15, 0.2) is 24.5 Å². The monoisotopic (exact) mass is 210 g/mol. The van der Waals surface area contributed by atoms with Crippen LogP contribution in [-0.2, 0) is 0 Å². The second-order valence-electron chi connectivity index (χ2n) is 4.04. The number of aromatic nitrogens is 1. The number of carbonyl (C=O) groups is 1. The fraction of sp³-hybridized carbons (Fsp3) is 0.455. The van der Waals surface area contributed by atoms with Crippen molar-refractivity contribution >= 4 is 5.97 Å². The molecule has 0 amide bonds. The average molecular weight is 210 g/mol. The quantitative estimate of drug-likeness (QED) is 0.741. The van der Waals surface area contributed by atoms with Gasteiger partial charge in [-0.2, -0.15) is 0 Å². The van der Waals surface area contributed by atoms with E-state index in [2.05, 4.69) is 31.1 Å². The third-order valence-electron chi connectivity index (χ3n) is 1.68. The fourth-order valence-corrected chi connectivity index (χ4v) is 0.494. The zero-order valence-corrected chi connectivity index (χ0v) is 9.61. The summed E-state index contributed by atoms with van der Waals surface area (Å²) in [5, 5.41) is 11.5. The van der Waals surface area contributed by atoms with Crippen LogP contribution in [0.2, 0.25) is 0 Å². The molecule has 0 aliphatic carbocycles. The Labute approximate surface area is 90.4 Å². The Bertz CT molecular complexity index is 291. The molecular formula is C11H18N2O2. The molecule has 0 saturated carbocycles. The lowest BCUT2D eigenvalue weighted by Crippen LogP contribution is -2.31. The van der Waals surface area contributed by atoms with Gasteiger partial charge in [-0.3, -0.25) is 4.98 Å². The van der Waals surface area contributed by atoms with E-state index in [0.29, 0.717) is 5.54 Å². The third kappa shape index (κ3) is 7.64. The predicted molar refractivity (Wildman–Crippen MR) is 60.0 cm³/mol. The van der Waals surface area contributed by atoms with E-state index in [4.69, 9.17) is 5.11 Å². The summed E-state index contributed by atoms with van der Waals surface area (Å²) in [6.07, 6.45) is 2.90. The van der Waals surface area contributed by atoms with E-state index in [1.165, 1.54) is 24.5 Å². The molecular weight excluding hydrogens is 192 g/mol. The summed E-state index contributed by atoms with van der Waals surface area (Å²) in [5.41, 5.74) is 0.560. The molecule has 0 bridgehead atoms. The van der Waals surface area contributed by atoms with Crippen LogP contribution >= 0.6 is 0 Å². The smallest absolute Gasteiger partial charge is 0.335 e. The van der Waals surface area contributed by atoms with Gasteiger partial charge >= 0.3 is 5.97 Å². The SMILES string of the molecule is CNC(C)(C)C.O=C(O)c1ccncc1. The minimum absolute atomic E-state index is 0.269. The zero-order chi connectivity index (χ0) is 11.9. The number of carboxylic acids is 1. The Balaban J connectivity index is 0.000000288. The van der Waals surface area contributed by atoms with Crippen LogP contribution in [0.4, 0.5) is 0 Å². The van der Waals surface area contributed by atoms with Crippen LogP contribution < -0.4 is 5.32 Å². The van der Waals surface area contributed by atoms with E-state index in [9.17, 15) is 4.79 Å². The number of rotatable bonds is 1.